The number of nitrogens with two attached hydrogens (primary N) is 1. The first-order chi connectivity index (χ1) is 8.63. The smallest absolute Gasteiger partial charge is 0.124 e. The van der Waals surface area contributed by atoms with Crippen molar-refractivity contribution in [3.8, 4) is 5.75 Å². The first kappa shape index (κ1) is 13.2. The van der Waals surface area contributed by atoms with Gasteiger partial charge in [-0.25, -0.2) is 0 Å². The summed E-state index contributed by atoms with van der Waals surface area (Å²) in [4.78, 5) is 0. The lowest BCUT2D eigenvalue weighted by atomic mass is 9.99. The van der Waals surface area contributed by atoms with E-state index in [1.807, 2.05) is 24.3 Å². The van der Waals surface area contributed by atoms with E-state index in [1.165, 1.54) is 0 Å². The molecule has 2 N–H and O–H groups in total. The molecule has 4 heteroatoms. The summed E-state index contributed by atoms with van der Waals surface area (Å²) in [6.07, 6.45) is 0. The normalized spacial score (nSPS) is 12.2. The summed E-state index contributed by atoms with van der Waals surface area (Å²) in [6.45, 7) is 0. The zero-order valence-corrected chi connectivity index (χ0v) is 11.4. The van der Waals surface area contributed by atoms with Crippen molar-refractivity contribution < 1.29 is 4.74 Å². The Balaban J connectivity index is 2.48. The Morgan fingerprint density at radius 3 is 2.44 bits per heavy atom. The highest BCUT2D eigenvalue weighted by Gasteiger charge is 2.16. The molecule has 0 spiro atoms. The third-order valence-corrected chi connectivity index (χ3v) is 3.35. The second-order valence-corrected chi connectivity index (χ2v) is 4.73. The molecule has 0 fully saturated rings. The molecule has 0 aliphatic rings. The van der Waals surface area contributed by atoms with E-state index in [0.29, 0.717) is 15.8 Å². The average Bonchev–Trinajstić information content (AvgIpc) is 2.38. The molecule has 2 rings (SSSR count). The van der Waals surface area contributed by atoms with Crippen LogP contribution in [-0.4, -0.2) is 7.11 Å². The van der Waals surface area contributed by atoms with Gasteiger partial charge in [0.25, 0.3) is 0 Å². The van der Waals surface area contributed by atoms with Gasteiger partial charge in [0.15, 0.2) is 0 Å². The largest absolute Gasteiger partial charge is 0.496 e. The highest BCUT2D eigenvalue weighted by atomic mass is 35.5. The number of halogens is 2. The summed E-state index contributed by atoms with van der Waals surface area (Å²) in [5.74, 6) is 0.701. The summed E-state index contributed by atoms with van der Waals surface area (Å²) >= 11 is 12.2. The van der Waals surface area contributed by atoms with Gasteiger partial charge in [-0.15, -0.1) is 0 Å². The van der Waals surface area contributed by atoms with Gasteiger partial charge in [-0.2, -0.15) is 0 Å². The molecule has 0 amide bonds. The Hall–Kier alpha value is -1.22. The Bertz CT molecular complexity index is 557. The third kappa shape index (κ3) is 2.61. The number of hydrogen-bond acceptors (Lipinski definition) is 2. The van der Waals surface area contributed by atoms with Crippen LogP contribution in [0.25, 0.3) is 0 Å². The van der Waals surface area contributed by atoms with E-state index in [0.717, 1.165) is 11.1 Å². The summed E-state index contributed by atoms with van der Waals surface area (Å²) in [5.41, 5.74) is 7.90. The SMILES string of the molecule is COc1ccc(Cl)cc1C(N)c1ccccc1Cl. The fourth-order valence-corrected chi connectivity index (χ4v) is 2.28. The van der Waals surface area contributed by atoms with Crippen LogP contribution in [0, 0.1) is 0 Å². The molecule has 0 heterocycles. The first-order valence-electron chi connectivity index (χ1n) is 5.47. The van der Waals surface area contributed by atoms with E-state index in [2.05, 4.69) is 0 Å². The molecular weight excluding hydrogens is 269 g/mol. The Labute approximate surface area is 116 Å². The van der Waals surface area contributed by atoms with Crippen molar-refractivity contribution >= 4 is 23.2 Å². The maximum absolute atomic E-state index is 6.24. The van der Waals surface area contributed by atoms with E-state index in [1.54, 1.807) is 25.3 Å². The van der Waals surface area contributed by atoms with Crippen molar-refractivity contribution in [3.63, 3.8) is 0 Å². The van der Waals surface area contributed by atoms with Gasteiger partial charge in [-0.3, -0.25) is 0 Å². The van der Waals surface area contributed by atoms with Crippen LogP contribution < -0.4 is 10.5 Å². The minimum atomic E-state index is -0.368. The average molecular weight is 282 g/mol. The van der Waals surface area contributed by atoms with Crippen LogP contribution in [0.3, 0.4) is 0 Å². The predicted octanol–water partition coefficient (Wildman–Crippen LogP) is 4.05. The molecule has 0 saturated heterocycles. The van der Waals surface area contributed by atoms with Crippen molar-refractivity contribution in [2.75, 3.05) is 7.11 Å². The second kappa shape index (κ2) is 5.61. The molecule has 0 aromatic heterocycles. The van der Waals surface area contributed by atoms with Crippen molar-refractivity contribution in [1.29, 1.82) is 0 Å². The van der Waals surface area contributed by atoms with Crippen molar-refractivity contribution in [1.82, 2.24) is 0 Å². The topological polar surface area (TPSA) is 35.2 Å². The van der Waals surface area contributed by atoms with Crippen LogP contribution in [0.4, 0.5) is 0 Å². The molecule has 2 aromatic carbocycles. The highest BCUT2D eigenvalue weighted by molar-refractivity contribution is 6.31. The van der Waals surface area contributed by atoms with E-state index in [-0.39, 0.29) is 6.04 Å². The minimum absolute atomic E-state index is 0.368. The molecule has 2 aromatic rings. The van der Waals surface area contributed by atoms with Gasteiger partial charge in [0.05, 0.1) is 13.2 Å². The van der Waals surface area contributed by atoms with Gasteiger partial charge < -0.3 is 10.5 Å². The van der Waals surface area contributed by atoms with Crippen LogP contribution in [0.1, 0.15) is 17.2 Å². The zero-order chi connectivity index (χ0) is 13.1. The Morgan fingerprint density at radius 1 is 1.06 bits per heavy atom. The molecule has 94 valence electrons. The lowest BCUT2D eigenvalue weighted by Crippen LogP contribution is -2.13. The number of benzene rings is 2. The lowest BCUT2D eigenvalue weighted by Gasteiger charge is -2.17. The molecular formula is C14H13Cl2NO. The molecule has 1 unspecified atom stereocenters. The van der Waals surface area contributed by atoms with Crippen LogP contribution in [0.15, 0.2) is 42.5 Å². The number of hydrogen-bond donors (Lipinski definition) is 1. The van der Waals surface area contributed by atoms with Gasteiger partial charge in [-0.05, 0) is 29.8 Å². The van der Waals surface area contributed by atoms with E-state index in [9.17, 15) is 0 Å². The maximum Gasteiger partial charge on any atom is 0.124 e. The molecule has 1 atom stereocenters. The minimum Gasteiger partial charge on any atom is -0.496 e. The molecule has 0 aliphatic carbocycles. The maximum atomic E-state index is 6.24. The van der Waals surface area contributed by atoms with Gasteiger partial charge in [-0.1, -0.05) is 41.4 Å². The quantitative estimate of drug-likeness (QED) is 0.921. The molecule has 0 radical (unpaired) electrons. The Kier molecular flexibility index (Phi) is 4.12. The van der Waals surface area contributed by atoms with Crippen LogP contribution in [-0.2, 0) is 0 Å². The van der Waals surface area contributed by atoms with E-state index >= 15 is 0 Å². The summed E-state index contributed by atoms with van der Waals surface area (Å²) in [6, 6.07) is 12.5. The zero-order valence-electron chi connectivity index (χ0n) is 9.86. The fraction of sp³-hybridized carbons (Fsp3) is 0.143. The second-order valence-electron chi connectivity index (χ2n) is 3.89. The van der Waals surface area contributed by atoms with Gasteiger partial charge in [0, 0.05) is 15.6 Å². The Morgan fingerprint density at radius 2 is 1.78 bits per heavy atom. The summed E-state index contributed by atoms with van der Waals surface area (Å²) < 4.78 is 5.30. The van der Waals surface area contributed by atoms with Crippen molar-refractivity contribution in [2.24, 2.45) is 5.73 Å². The van der Waals surface area contributed by atoms with Crippen molar-refractivity contribution in [2.45, 2.75) is 6.04 Å². The van der Waals surface area contributed by atoms with E-state index in [4.69, 9.17) is 33.7 Å². The fourth-order valence-electron chi connectivity index (χ4n) is 1.84. The number of rotatable bonds is 3. The van der Waals surface area contributed by atoms with Crippen LogP contribution >= 0.6 is 23.2 Å². The molecule has 0 saturated carbocycles. The van der Waals surface area contributed by atoms with E-state index < -0.39 is 0 Å². The molecule has 18 heavy (non-hydrogen) atoms. The van der Waals surface area contributed by atoms with Crippen LogP contribution in [0.5, 0.6) is 5.75 Å². The predicted molar refractivity (Wildman–Crippen MR) is 75.5 cm³/mol. The van der Waals surface area contributed by atoms with Crippen molar-refractivity contribution in [3.05, 3.63) is 63.6 Å². The number of methoxy groups -OCH3 is 1. The first-order valence-corrected chi connectivity index (χ1v) is 6.22. The third-order valence-electron chi connectivity index (χ3n) is 2.77. The molecule has 0 bridgehead atoms. The molecule has 2 nitrogen and oxygen atoms in total. The monoisotopic (exact) mass is 281 g/mol. The standard InChI is InChI=1S/C14H13Cl2NO/c1-18-13-7-6-9(15)8-11(13)14(17)10-4-2-3-5-12(10)16/h2-8,14H,17H2,1H3. The lowest BCUT2D eigenvalue weighted by molar-refractivity contribution is 0.408. The van der Waals surface area contributed by atoms with Gasteiger partial charge in [0.1, 0.15) is 5.75 Å². The molecule has 0 aliphatic heterocycles. The van der Waals surface area contributed by atoms with Crippen LogP contribution in [0.2, 0.25) is 10.0 Å². The highest BCUT2D eigenvalue weighted by Crippen LogP contribution is 2.33. The number of ether oxygens (including phenoxy) is 1. The van der Waals surface area contributed by atoms with Gasteiger partial charge >= 0.3 is 0 Å². The van der Waals surface area contributed by atoms with Gasteiger partial charge in [0.2, 0.25) is 0 Å². The summed E-state index contributed by atoms with van der Waals surface area (Å²) in [7, 11) is 1.60. The summed E-state index contributed by atoms with van der Waals surface area (Å²) in [5, 5.41) is 1.25.